The van der Waals surface area contributed by atoms with Gasteiger partial charge in [0.2, 0.25) is 0 Å². The highest BCUT2D eigenvalue weighted by molar-refractivity contribution is 7.99. The molecule has 0 bridgehead atoms. The minimum absolute atomic E-state index is 0.161. The van der Waals surface area contributed by atoms with Crippen LogP contribution >= 0.6 is 11.8 Å². The summed E-state index contributed by atoms with van der Waals surface area (Å²) in [5, 5.41) is 16.3. The van der Waals surface area contributed by atoms with Crippen molar-refractivity contribution in [3.05, 3.63) is 10.5 Å². The van der Waals surface area contributed by atoms with Gasteiger partial charge >= 0.3 is 5.69 Å². The van der Waals surface area contributed by atoms with Crippen LogP contribution in [0.2, 0.25) is 0 Å². The van der Waals surface area contributed by atoms with Crippen LogP contribution in [0.15, 0.2) is 9.95 Å². The summed E-state index contributed by atoms with van der Waals surface area (Å²) in [5.41, 5.74) is 5.15. The van der Waals surface area contributed by atoms with E-state index in [0.717, 1.165) is 25.7 Å². The first-order valence-corrected chi connectivity index (χ1v) is 7.12. The van der Waals surface area contributed by atoms with Crippen molar-refractivity contribution >= 4 is 11.8 Å². The van der Waals surface area contributed by atoms with E-state index in [1.807, 2.05) is 0 Å². The molecule has 1 aromatic rings. The number of rotatable bonds is 5. The van der Waals surface area contributed by atoms with Crippen LogP contribution in [-0.2, 0) is 0 Å². The van der Waals surface area contributed by atoms with Crippen molar-refractivity contribution in [3.63, 3.8) is 0 Å². The molecule has 0 amide bonds. The second-order valence-electron chi connectivity index (χ2n) is 5.13. The fourth-order valence-corrected chi connectivity index (χ4v) is 3.22. The molecule has 18 heavy (non-hydrogen) atoms. The molecule has 3 N–H and O–H groups in total. The highest BCUT2D eigenvalue weighted by atomic mass is 32.2. The van der Waals surface area contributed by atoms with Crippen molar-refractivity contribution in [1.82, 2.24) is 14.8 Å². The number of hydrogen-bond donors (Lipinski definition) is 2. The summed E-state index contributed by atoms with van der Waals surface area (Å²) >= 11 is 1.41. The van der Waals surface area contributed by atoms with Crippen molar-refractivity contribution in [2.75, 3.05) is 5.75 Å². The molecule has 1 aromatic heterocycles. The number of nitrogens with one attached hydrogen (secondary N) is 1. The summed E-state index contributed by atoms with van der Waals surface area (Å²) in [4.78, 5) is 11.6. The number of hydrogen-bond acceptors (Lipinski definition) is 5. The number of aromatic amines is 1. The van der Waals surface area contributed by atoms with Gasteiger partial charge in [0.25, 0.3) is 0 Å². The monoisotopic (exact) mass is 265 g/mol. The molecule has 2 aliphatic rings. The van der Waals surface area contributed by atoms with Crippen molar-refractivity contribution in [1.29, 1.82) is 5.26 Å². The standard InChI is InChI=1S/C11H15N5OS/c12-5-11(13,7-1-2-7)6-18-10-15-14-9(17)16(10)8-3-4-8/h7-8H,1-4,6,13H2,(H,14,17). The first kappa shape index (κ1) is 11.8. The topological polar surface area (TPSA) is 100 Å². The van der Waals surface area contributed by atoms with E-state index >= 15 is 0 Å². The number of nitrogens with zero attached hydrogens (tertiary/aromatic N) is 3. The Kier molecular flexibility index (Phi) is 2.72. The second-order valence-corrected chi connectivity index (χ2v) is 6.07. The van der Waals surface area contributed by atoms with E-state index in [-0.39, 0.29) is 11.7 Å². The van der Waals surface area contributed by atoms with E-state index in [0.29, 0.717) is 16.8 Å². The molecular formula is C11H15N5OS. The lowest BCUT2D eigenvalue weighted by Gasteiger charge is -2.19. The van der Waals surface area contributed by atoms with Crippen LogP contribution in [0.5, 0.6) is 0 Å². The van der Waals surface area contributed by atoms with Gasteiger partial charge in [0.05, 0.1) is 6.07 Å². The number of nitriles is 1. The molecule has 1 unspecified atom stereocenters. The number of H-pyrrole nitrogens is 1. The Morgan fingerprint density at radius 1 is 1.56 bits per heavy atom. The molecule has 1 heterocycles. The zero-order chi connectivity index (χ0) is 12.8. The van der Waals surface area contributed by atoms with E-state index < -0.39 is 5.54 Å². The zero-order valence-corrected chi connectivity index (χ0v) is 10.7. The van der Waals surface area contributed by atoms with Crippen molar-refractivity contribution < 1.29 is 0 Å². The molecule has 0 spiro atoms. The minimum Gasteiger partial charge on any atom is -0.312 e. The Bertz CT molecular complexity index is 551. The van der Waals surface area contributed by atoms with Crippen LogP contribution in [0.1, 0.15) is 31.7 Å². The van der Waals surface area contributed by atoms with Crippen LogP contribution in [0.4, 0.5) is 0 Å². The van der Waals surface area contributed by atoms with Gasteiger partial charge in [0.15, 0.2) is 5.16 Å². The van der Waals surface area contributed by atoms with Gasteiger partial charge in [-0.05, 0) is 31.6 Å². The van der Waals surface area contributed by atoms with Crippen LogP contribution in [0.3, 0.4) is 0 Å². The Morgan fingerprint density at radius 3 is 2.83 bits per heavy atom. The summed E-state index contributed by atoms with van der Waals surface area (Å²) in [6.45, 7) is 0. The van der Waals surface area contributed by atoms with Crippen LogP contribution in [0.25, 0.3) is 0 Å². The van der Waals surface area contributed by atoms with Gasteiger partial charge < -0.3 is 5.73 Å². The third kappa shape index (κ3) is 2.06. The lowest BCUT2D eigenvalue weighted by atomic mass is 10.00. The maximum atomic E-state index is 11.6. The fraction of sp³-hybridized carbons (Fsp3) is 0.727. The molecule has 2 fully saturated rings. The average molecular weight is 265 g/mol. The van der Waals surface area contributed by atoms with E-state index in [4.69, 9.17) is 5.73 Å². The third-order valence-electron chi connectivity index (χ3n) is 3.54. The van der Waals surface area contributed by atoms with Crippen LogP contribution in [0, 0.1) is 17.2 Å². The van der Waals surface area contributed by atoms with E-state index in [1.54, 1.807) is 4.57 Å². The van der Waals surface area contributed by atoms with Gasteiger partial charge in [-0.15, -0.1) is 5.10 Å². The van der Waals surface area contributed by atoms with E-state index in [1.165, 1.54) is 11.8 Å². The van der Waals surface area contributed by atoms with Crippen LogP contribution < -0.4 is 11.4 Å². The summed E-state index contributed by atoms with van der Waals surface area (Å²) < 4.78 is 1.69. The van der Waals surface area contributed by atoms with Crippen molar-refractivity contribution in [2.24, 2.45) is 11.7 Å². The highest BCUT2D eigenvalue weighted by Gasteiger charge is 2.43. The lowest BCUT2D eigenvalue weighted by molar-refractivity contribution is 0.530. The predicted octanol–water partition coefficient (Wildman–Crippen LogP) is 0.629. The quantitative estimate of drug-likeness (QED) is 0.760. The smallest absolute Gasteiger partial charge is 0.312 e. The summed E-state index contributed by atoms with van der Waals surface area (Å²) in [7, 11) is 0. The molecule has 0 aromatic carbocycles. The highest BCUT2D eigenvalue weighted by Crippen LogP contribution is 2.41. The molecule has 0 saturated heterocycles. The summed E-state index contributed by atoms with van der Waals surface area (Å²) in [6.07, 6.45) is 4.12. The Morgan fingerprint density at radius 2 is 2.28 bits per heavy atom. The second kappa shape index (κ2) is 4.14. The molecule has 2 aliphatic carbocycles. The third-order valence-corrected chi connectivity index (χ3v) is 4.71. The van der Waals surface area contributed by atoms with Crippen molar-refractivity contribution in [2.45, 2.75) is 42.4 Å². The van der Waals surface area contributed by atoms with Crippen LogP contribution in [-0.4, -0.2) is 26.1 Å². The summed E-state index contributed by atoms with van der Waals surface area (Å²) in [5.74, 6) is 0.792. The Balaban J connectivity index is 1.73. The number of thioether (sulfide) groups is 1. The maximum Gasteiger partial charge on any atom is 0.344 e. The molecule has 1 atom stereocenters. The minimum atomic E-state index is -0.784. The molecule has 96 valence electrons. The van der Waals surface area contributed by atoms with E-state index in [9.17, 15) is 10.1 Å². The molecule has 0 radical (unpaired) electrons. The lowest BCUT2D eigenvalue weighted by Crippen LogP contribution is -2.43. The molecule has 7 heteroatoms. The van der Waals surface area contributed by atoms with Gasteiger partial charge in [0, 0.05) is 11.8 Å². The predicted molar refractivity (Wildman–Crippen MR) is 67.1 cm³/mol. The Labute approximate surface area is 109 Å². The first-order chi connectivity index (χ1) is 8.64. The van der Waals surface area contributed by atoms with Crippen molar-refractivity contribution in [3.8, 4) is 6.07 Å². The average Bonchev–Trinajstić information content (AvgIpc) is 3.25. The SMILES string of the molecule is N#CC(N)(CSc1n[nH]c(=O)n1C1CC1)C1CC1. The van der Waals surface area contributed by atoms with Gasteiger partial charge in [-0.1, -0.05) is 11.8 Å². The van der Waals surface area contributed by atoms with E-state index in [2.05, 4.69) is 16.3 Å². The fourth-order valence-electron chi connectivity index (χ4n) is 2.07. The molecule has 2 saturated carbocycles. The number of aromatic nitrogens is 3. The Hall–Kier alpha value is -1.26. The van der Waals surface area contributed by atoms with Gasteiger partial charge in [0.1, 0.15) is 5.54 Å². The normalized spacial score (nSPS) is 22.4. The zero-order valence-electron chi connectivity index (χ0n) is 9.93. The summed E-state index contributed by atoms with van der Waals surface area (Å²) in [6, 6.07) is 2.50. The maximum absolute atomic E-state index is 11.6. The largest absolute Gasteiger partial charge is 0.344 e. The molecule has 0 aliphatic heterocycles. The number of nitrogens with two attached hydrogens (primary N) is 1. The molecule has 3 rings (SSSR count). The first-order valence-electron chi connectivity index (χ1n) is 6.14. The van der Waals surface area contributed by atoms with Gasteiger partial charge in [-0.3, -0.25) is 4.57 Å². The molecular weight excluding hydrogens is 250 g/mol. The molecule has 6 nitrogen and oxygen atoms in total. The van der Waals surface area contributed by atoms with Gasteiger partial charge in [-0.2, -0.15) is 5.26 Å². The van der Waals surface area contributed by atoms with Gasteiger partial charge in [-0.25, -0.2) is 9.89 Å².